The van der Waals surface area contributed by atoms with Gasteiger partial charge in [0.15, 0.2) is 5.16 Å². The quantitative estimate of drug-likeness (QED) is 0.275. The minimum absolute atomic E-state index is 0.106. The Morgan fingerprint density at radius 3 is 2.56 bits per heavy atom. The number of hydrogen-bond acceptors (Lipinski definition) is 6. The molecule has 0 amide bonds. The summed E-state index contributed by atoms with van der Waals surface area (Å²) in [6, 6.07) is 20.2. The van der Waals surface area contributed by atoms with Gasteiger partial charge in [-0.05, 0) is 48.4 Å². The summed E-state index contributed by atoms with van der Waals surface area (Å²) in [5.74, 6) is 1.17. The SMILES string of the molecule is COc1ccc(Cn2c(SCc3cc(=O)n4cc(C)ccc4n3)nc3ccccc3c2=O)cc1. The number of ether oxygens (including phenoxy) is 1. The van der Waals surface area contributed by atoms with Gasteiger partial charge in [0.25, 0.3) is 11.1 Å². The summed E-state index contributed by atoms with van der Waals surface area (Å²) in [6.45, 7) is 2.30. The van der Waals surface area contributed by atoms with Crippen LogP contribution in [-0.2, 0) is 12.3 Å². The lowest BCUT2D eigenvalue weighted by Gasteiger charge is -2.13. The van der Waals surface area contributed by atoms with Gasteiger partial charge in [0.1, 0.15) is 11.4 Å². The zero-order valence-corrected chi connectivity index (χ0v) is 19.6. The summed E-state index contributed by atoms with van der Waals surface area (Å²) in [7, 11) is 1.62. The van der Waals surface area contributed by atoms with Crippen LogP contribution in [0.15, 0.2) is 87.7 Å². The Kier molecular flexibility index (Phi) is 5.90. The zero-order chi connectivity index (χ0) is 23.7. The predicted octanol–water partition coefficient (Wildman–Crippen LogP) is 4.06. The molecule has 5 rings (SSSR count). The Bertz CT molecular complexity index is 1620. The monoisotopic (exact) mass is 470 g/mol. The highest BCUT2D eigenvalue weighted by Gasteiger charge is 2.13. The first-order valence-electron chi connectivity index (χ1n) is 10.8. The molecule has 0 radical (unpaired) electrons. The van der Waals surface area contributed by atoms with Crippen molar-refractivity contribution in [3.8, 4) is 5.75 Å². The Labute approximate surface area is 199 Å². The molecule has 3 heterocycles. The van der Waals surface area contributed by atoms with Crippen LogP contribution in [0.1, 0.15) is 16.8 Å². The van der Waals surface area contributed by atoms with Crippen LogP contribution in [0.2, 0.25) is 0 Å². The second-order valence-corrected chi connectivity index (χ2v) is 8.90. The molecule has 0 aliphatic heterocycles. The summed E-state index contributed by atoms with van der Waals surface area (Å²) < 4.78 is 8.45. The molecule has 0 N–H and O–H groups in total. The number of benzene rings is 2. The molecule has 2 aromatic carbocycles. The van der Waals surface area contributed by atoms with Crippen LogP contribution in [-0.4, -0.2) is 26.0 Å². The molecule has 0 saturated carbocycles. The zero-order valence-electron chi connectivity index (χ0n) is 18.8. The van der Waals surface area contributed by atoms with Crippen molar-refractivity contribution in [3.63, 3.8) is 0 Å². The van der Waals surface area contributed by atoms with Gasteiger partial charge < -0.3 is 4.74 Å². The first-order valence-corrected chi connectivity index (χ1v) is 11.7. The van der Waals surface area contributed by atoms with Crippen LogP contribution >= 0.6 is 11.8 Å². The lowest BCUT2D eigenvalue weighted by molar-refractivity contribution is 0.414. The van der Waals surface area contributed by atoms with Gasteiger partial charge in [-0.25, -0.2) is 9.97 Å². The van der Waals surface area contributed by atoms with Crippen molar-refractivity contribution in [1.29, 1.82) is 0 Å². The molecule has 0 spiro atoms. The molecule has 0 bridgehead atoms. The Hall–Kier alpha value is -3.91. The molecule has 34 heavy (non-hydrogen) atoms. The minimum Gasteiger partial charge on any atom is -0.497 e. The third-order valence-corrected chi connectivity index (χ3v) is 6.55. The highest BCUT2D eigenvalue weighted by Crippen LogP contribution is 2.23. The first kappa shape index (κ1) is 21.9. The smallest absolute Gasteiger partial charge is 0.262 e. The molecule has 0 atom stereocenters. The molecule has 0 fully saturated rings. The molecule has 5 aromatic rings. The minimum atomic E-state index is -0.133. The van der Waals surface area contributed by atoms with Gasteiger partial charge >= 0.3 is 0 Å². The molecule has 0 saturated heterocycles. The van der Waals surface area contributed by atoms with Crippen molar-refractivity contribution >= 4 is 28.3 Å². The maximum Gasteiger partial charge on any atom is 0.262 e. The molecule has 0 aliphatic carbocycles. The summed E-state index contributed by atoms with van der Waals surface area (Å²) in [4.78, 5) is 35.3. The van der Waals surface area contributed by atoms with Crippen molar-refractivity contribution < 1.29 is 4.74 Å². The number of para-hydroxylation sites is 1. The van der Waals surface area contributed by atoms with E-state index in [4.69, 9.17) is 9.72 Å². The van der Waals surface area contributed by atoms with Crippen LogP contribution in [0.5, 0.6) is 5.75 Å². The van der Waals surface area contributed by atoms with E-state index in [9.17, 15) is 9.59 Å². The standard InChI is InChI=1S/C26H22N4O3S/c1-17-7-12-23-27-19(13-24(31)29(23)14-17)16-34-26-28-22-6-4-3-5-21(22)25(32)30(26)15-18-8-10-20(33-2)11-9-18/h3-14H,15-16H2,1-2H3. The van der Waals surface area contributed by atoms with Crippen molar-refractivity contribution in [3.05, 3.63) is 110 Å². The molecule has 3 aromatic heterocycles. The fraction of sp³-hybridized carbons (Fsp3) is 0.154. The lowest BCUT2D eigenvalue weighted by Crippen LogP contribution is -2.24. The second-order valence-electron chi connectivity index (χ2n) is 7.96. The van der Waals surface area contributed by atoms with Crippen molar-refractivity contribution in [2.24, 2.45) is 0 Å². The maximum absolute atomic E-state index is 13.4. The third kappa shape index (κ3) is 4.32. The molecule has 7 nitrogen and oxygen atoms in total. The van der Waals surface area contributed by atoms with Crippen molar-refractivity contribution in [2.75, 3.05) is 7.11 Å². The molecular weight excluding hydrogens is 448 g/mol. The predicted molar refractivity (Wildman–Crippen MR) is 134 cm³/mol. The number of hydrogen-bond donors (Lipinski definition) is 0. The summed E-state index contributed by atoms with van der Waals surface area (Å²) >= 11 is 1.39. The average Bonchev–Trinajstić information content (AvgIpc) is 2.85. The number of aryl methyl sites for hydroxylation is 1. The molecule has 8 heteroatoms. The van der Waals surface area contributed by atoms with Crippen LogP contribution in [0.4, 0.5) is 0 Å². The van der Waals surface area contributed by atoms with E-state index in [2.05, 4.69) is 4.98 Å². The van der Waals surface area contributed by atoms with Gasteiger partial charge in [0.2, 0.25) is 0 Å². The maximum atomic E-state index is 13.4. The van der Waals surface area contributed by atoms with E-state index in [1.165, 1.54) is 22.2 Å². The van der Waals surface area contributed by atoms with Crippen LogP contribution < -0.4 is 15.9 Å². The van der Waals surface area contributed by atoms with Gasteiger partial charge in [-0.1, -0.05) is 42.1 Å². The van der Waals surface area contributed by atoms with Gasteiger partial charge in [-0.2, -0.15) is 0 Å². The van der Waals surface area contributed by atoms with E-state index in [1.807, 2.05) is 61.5 Å². The lowest BCUT2D eigenvalue weighted by atomic mass is 10.2. The number of nitrogens with zero attached hydrogens (tertiary/aromatic N) is 4. The van der Waals surface area contributed by atoms with Gasteiger partial charge in [-0.15, -0.1) is 0 Å². The number of rotatable bonds is 6. The normalized spacial score (nSPS) is 11.2. The van der Waals surface area contributed by atoms with Crippen LogP contribution in [0, 0.1) is 6.92 Å². The number of thioether (sulfide) groups is 1. The third-order valence-electron chi connectivity index (χ3n) is 5.54. The first-order chi connectivity index (χ1) is 16.5. The Morgan fingerprint density at radius 2 is 1.76 bits per heavy atom. The molecule has 170 valence electrons. The van der Waals surface area contributed by atoms with Crippen molar-refractivity contribution in [1.82, 2.24) is 18.9 Å². The van der Waals surface area contributed by atoms with E-state index < -0.39 is 0 Å². The topological polar surface area (TPSA) is 78.5 Å². The molecular formula is C26H22N4O3S. The summed E-state index contributed by atoms with van der Waals surface area (Å²) in [5, 5.41) is 1.14. The van der Waals surface area contributed by atoms with E-state index in [0.717, 1.165) is 16.9 Å². The van der Waals surface area contributed by atoms with Gasteiger partial charge in [0, 0.05) is 18.0 Å². The largest absolute Gasteiger partial charge is 0.497 e. The summed E-state index contributed by atoms with van der Waals surface area (Å²) in [6.07, 6.45) is 1.78. The Morgan fingerprint density at radius 1 is 0.971 bits per heavy atom. The van der Waals surface area contributed by atoms with E-state index in [-0.39, 0.29) is 11.1 Å². The van der Waals surface area contributed by atoms with Crippen molar-refractivity contribution in [2.45, 2.75) is 24.4 Å². The number of fused-ring (bicyclic) bond motifs is 2. The molecule has 0 aliphatic rings. The second kappa shape index (κ2) is 9.15. The number of aromatic nitrogens is 4. The van der Waals surface area contributed by atoms with Gasteiger partial charge in [0.05, 0.1) is 30.3 Å². The van der Waals surface area contributed by atoms with E-state index in [1.54, 1.807) is 23.9 Å². The van der Waals surface area contributed by atoms with Crippen LogP contribution in [0.25, 0.3) is 16.6 Å². The average molecular weight is 471 g/mol. The summed E-state index contributed by atoms with van der Waals surface area (Å²) in [5.41, 5.74) is 3.58. The fourth-order valence-corrected chi connectivity index (χ4v) is 4.67. The highest BCUT2D eigenvalue weighted by atomic mass is 32.2. The van der Waals surface area contributed by atoms with E-state index >= 15 is 0 Å². The Balaban J connectivity index is 1.52. The number of methoxy groups -OCH3 is 1. The number of pyridine rings is 1. The van der Waals surface area contributed by atoms with Gasteiger partial charge in [-0.3, -0.25) is 18.6 Å². The van der Waals surface area contributed by atoms with E-state index in [0.29, 0.717) is 39.7 Å². The highest BCUT2D eigenvalue weighted by molar-refractivity contribution is 7.98. The molecule has 0 unspecified atom stereocenters. The fourth-order valence-electron chi connectivity index (χ4n) is 3.78. The van der Waals surface area contributed by atoms with Crippen LogP contribution in [0.3, 0.4) is 0 Å².